The van der Waals surface area contributed by atoms with Crippen LogP contribution < -0.4 is 20.9 Å². The molecule has 2 rings (SSSR count). The Kier molecular flexibility index (Phi) is 4.16. The summed E-state index contributed by atoms with van der Waals surface area (Å²) in [7, 11) is 3.04. The standard InChI is InChI=1S/C14H14Cl2N2O2/c1-19-11-5-7(3-4-9(11)17)12-8(15)6-10(18)14(20-2)13(12)16/h3-6H,17-18H2,1-2H3. The number of hydrogen-bond donors (Lipinski definition) is 2. The van der Waals surface area contributed by atoms with E-state index in [9.17, 15) is 0 Å². The Labute approximate surface area is 127 Å². The highest BCUT2D eigenvalue weighted by Gasteiger charge is 2.17. The average Bonchev–Trinajstić information content (AvgIpc) is 2.40. The Morgan fingerprint density at radius 1 is 0.950 bits per heavy atom. The van der Waals surface area contributed by atoms with Crippen molar-refractivity contribution < 1.29 is 9.47 Å². The van der Waals surface area contributed by atoms with E-state index in [0.717, 1.165) is 5.56 Å². The van der Waals surface area contributed by atoms with Crippen molar-refractivity contribution >= 4 is 34.6 Å². The van der Waals surface area contributed by atoms with Crippen molar-refractivity contribution in [1.82, 2.24) is 0 Å². The first kappa shape index (κ1) is 14.6. The zero-order valence-electron chi connectivity index (χ0n) is 11.0. The summed E-state index contributed by atoms with van der Waals surface area (Å²) in [5.74, 6) is 0.937. The van der Waals surface area contributed by atoms with Gasteiger partial charge < -0.3 is 20.9 Å². The molecule has 4 N–H and O–H groups in total. The molecule has 6 heteroatoms. The van der Waals surface area contributed by atoms with Crippen LogP contribution in [0.15, 0.2) is 24.3 Å². The Morgan fingerprint density at radius 3 is 2.25 bits per heavy atom. The van der Waals surface area contributed by atoms with Gasteiger partial charge in [0.1, 0.15) is 5.75 Å². The van der Waals surface area contributed by atoms with Crippen molar-refractivity contribution in [1.29, 1.82) is 0 Å². The fraction of sp³-hybridized carbons (Fsp3) is 0.143. The van der Waals surface area contributed by atoms with Crippen molar-refractivity contribution in [3.05, 3.63) is 34.3 Å². The fourth-order valence-electron chi connectivity index (χ4n) is 1.96. The molecule has 20 heavy (non-hydrogen) atoms. The number of rotatable bonds is 3. The molecule has 106 valence electrons. The predicted molar refractivity (Wildman–Crippen MR) is 83.8 cm³/mol. The molecule has 0 aliphatic carbocycles. The van der Waals surface area contributed by atoms with Gasteiger partial charge in [0.15, 0.2) is 5.75 Å². The van der Waals surface area contributed by atoms with Crippen LogP contribution in [0.1, 0.15) is 0 Å². The first-order valence-corrected chi connectivity index (χ1v) is 6.50. The summed E-state index contributed by atoms with van der Waals surface area (Å²) in [6.07, 6.45) is 0. The molecular weight excluding hydrogens is 299 g/mol. The van der Waals surface area contributed by atoms with Gasteiger partial charge >= 0.3 is 0 Å². The highest BCUT2D eigenvalue weighted by molar-refractivity contribution is 6.40. The first-order valence-electron chi connectivity index (χ1n) is 5.75. The third kappa shape index (κ3) is 2.44. The molecule has 2 aromatic rings. The third-order valence-electron chi connectivity index (χ3n) is 2.93. The summed E-state index contributed by atoms with van der Waals surface area (Å²) < 4.78 is 10.4. The van der Waals surface area contributed by atoms with Crippen molar-refractivity contribution in [3.8, 4) is 22.6 Å². The van der Waals surface area contributed by atoms with Crippen LogP contribution in [0.25, 0.3) is 11.1 Å². The molecule has 0 saturated carbocycles. The summed E-state index contributed by atoms with van der Waals surface area (Å²) in [4.78, 5) is 0. The van der Waals surface area contributed by atoms with Crippen molar-refractivity contribution in [2.75, 3.05) is 25.7 Å². The number of halogens is 2. The first-order chi connectivity index (χ1) is 9.49. The molecule has 0 heterocycles. The Balaban J connectivity index is 2.69. The molecule has 0 fully saturated rings. The van der Waals surface area contributed by atoms with Gasteiger partial charge in [-0.1, -0.05) is 29.3 Å². The molecule has 0 amide bonds. The summed E-state index contributed by atoms with van der Waals surface area (Å²) in [5.41, 5.74) is 13.9. The van der Waals surface area contributed by atoms with Crippen LogP contribution in [-0.4, -0.2) is 14.2 Å². The summed E-state index contributed by atoms with van der Waals surface area (Å²) in [6.45, 7) is 0. The van der Waals surface area contributed by atoms with Gasteiger partial charge in [0.05, 0.1) is 35.6 Å². The highest BCUT2D eigenvalue weighted by Crippen LogP contribution is 2.45. The second-order valence-electron chi connectivity index (χ2n) is 4.13. The van der Waals surface area contributed by atoms with Gasteiger partial charge in [-0.2, -0.15) is 0 Å². The van der Waals surface area contributed by atoms with Gasteiger partial charge in [0.2, 0.25) is 0 Å². The SMILES string of the molecule is COc1cc(-c2c(Cl)cc(N)c(OC)c2Cl)ccc1N. The summed E-state index contributed by atoms with van der Waals surface area (Å²) in [5, 5.41) is 0.782. The van der Waals surface area contributed by atoms with Gasteiger partial charge in [0, 0.05) is 5.56 Å². The molecule has 0 aliphatic rings. The predicted octanol–water partition coefficient (Wildman–Crippen LogP) is 3.84. The van der Waals surface area contributed by atoms with Gasteiger partial charge in [0.25, 0.3) is 0 Å². The lowest BCUT2D eigenvalue weighted by Gasteiger charge is -2.14. The normalized spacial score (nSPS) is 10.4. The quantitative estimate of drug-likeness (QED) is 0.845. The van der Waals surface area contributed by atoms with E-state index in [1.54, 1.807) is 31.4 Å². The van der Waals surface area contributed by atoms with E-state index in [0.29, 0.717) is 38.5 Å². The van der Waals surface area contributed by atoms with Crippen molar-refractivity contribution in [2.45, 2.75) is 0 Å². The summed E-state index contributed by atoms with van der Waals surface area (Å²) >= 11 is 12.6. The number of anilines is 2. The zero-order chi connectivity index (χ0) is 14.9. The van der Waals surface area contributed by atoms with E-state index < -0.39 is 0 Å². The van der Waals surface area contributed by atoms with E-state index in [-0.39, 0.29) is 0 Å². The van der Waals surface area contributed by atoms with Crippen LogP contribution in [0, 0.1) is 0 Å². The number of nitrogens with two attached hydrogens (primary N) is 2. The van der Waals surface area contributed by atoms with Gasteiger partial charge in [-0.15, -0.1) is 0 Å². The molecule has 0 spiro atoms. The zero-order valence-corrected chi connectivity index (χ0v) is 12.5. The van der Waals surface area contributed by atoms with Crippen LogP contribution in [0.5, 0.6) is 11.5 Å². The Hall–Kier alpha value is -1.78. The molecule has 4 nitrogen and oxygen atoms in total. The van der Waals surface area contributed by atoms with Crippen LogP contribution in [-0.2, 0) is 0 Å². The molecule has 0 saturated heterocycles. The fourth-order valence-corrected chi connectivity index (χ4v) is 2.72. The molecule has 0 unspecified atom stereocenters. The van der Waals surface area contributed by atoms with Crippen molar-refractivity contribution in [2.24, 2.45) is 0 Å². The van der Waals surface area contributed by atoms with Crippen molar-refractivity contribution in [3.63, 3.8) is 0 Å². The Morgan fingerprint density at radius 2 is 1.65 bits per heavy atom. The third-order valence-corrected chi connectivity index (χ3v) is 3.59. The maximum Gasteiger partial charge on any atom is 0.161 e. The van der Waals surface area contributed by atoms with E-state index in [1.807, 2.05) is 0 Å². The maximum atomic E-state index is 6.33. The topological polar surface area (TPSA) is 70.5 Å². The second kappa shape index (κ2) is 5.69. The number of benzene rings is 2. The Bertz CT molecular complexity index is 660. The lowest BCUT2D eigenvalue weighted by Crippen LogP contribution is -1.97. The largest absolute Gasteiger partial charge is 0.495 e. The van der Waals surface area contributed by atoms with Gasteiger partial charge in [-0.25, -0.2) is 0 Å². The molecule has 0 bridgehead atoms. The lowest BCUT2D eigenvalue weighted by molar-refractivity contribution is 0.416. The molecule has 2 aromatic carbocycles. The van der Waals surface area contributed by atoms with Crippen LogP contribution >= 0.6 is 23.2 Å². The minimum atomic E-state index is 0.351. The van der Waals surface area contributed by atoms with Gasteiger partial charge in [-0.05, 0) is 23.8 Å². The van der Waals surface area contributed by atoms with Gasteiger partial charge in [-0.3, -0.25) is 0 Å². The minimum Gasteiger partial charge on any atom is -0.495 e. The van der Waals surface area contributed by atoms with Crippen LogP contribution in [0.4, 0.5) is 11.4 Å². The molecular formula is C14H14Cl2N2O2. The van der Waals surface area contributed by atoms with E-state index >= 15 is 0 Å². The van der Waals surface area contributed by atoms with E-state index in [2.05, 4.69) is 0 Å². The highest BCUT2D eigenvalue weighted by atomic mass is 35.5. The minimum absolute atomic E-state index is 0.351. The number of nitrogen functional groups attached to an aromatic ring is 2. The number of ether oxygens (including phenoxy) is 2. The number of methoxy groups -OCH3 is 2. The maximum absolute atomic E-state index is 6.33. The molecule has 0 aromatic heterocycles. The second-order valence-corrected chi connectivity index (χ2v) is 4.91. The van der Waals surface area contributed by atoms with E-state index in [1.165, 1.54) is 7.11 Å². The molecule has 0 atom stereocenters. The lowest BCUT2D eigenvalue weighted by atomic mass is 10.0. The smallest absolute Gasteiger partial charge is 0.161 e. The molecule has 0 aliphatic heterocycles. The van der Waals surface area contributed by atoms with Crippen LogP contribution in [0.3, 0.4) is 0 Å². The number of hydrogen-bond acceptors (Lipinski definition) is 4. The monoisotopic (exact) mass is 312 g/mol. The molecule has 0 radical (unpaired) electrons. The van der Waals surface area contributed by atoms with E-state index in [4.69, 9.17) is 44.1 Å². The summed E-state index contributed by atoms with van der Waals surface area (Å²) in [6, 6.07) is 6.90. The van der Waals surface area contributed by atoms with Crippen LogP contribution in [0.2, 0.25) is 10.0 Å². The average molecular weight is 313 g/mol.